The molecule has 0 radical (unpaired) electrons. The van der Waals surface area contributed by atoms with Gasteiger partial charge in [-0.05, 0) is 24.6 Å². The molecule has 0 bridgehead atoms. The highest BCUT2D eigenvalue weighted by Crippen LogP contribution is 2.29. The second-order valence-corrected chi connectivity index (χ2v) is 7.52. The number of carboxylic acids is 1. The molecular weight excluding hydrogens is 316 g/mol. The highest BCUT2D eigenvalue weighted by Gasteiger charge is 2.34. The summed E-state index contributed by atoms with van der Waals surface area (Å²) in [6, 6.07) is 6.04. The van der Waals surface area contributed by atoms with Crippen LogP contribution in [0, 0.1) is 11.3 Å². The van der Waals surface area contributed by atoms with Crippen molar-refractivity contribution in [1.82, 2.24) is 0 Å². The van der Waals surface area contributed by atoms with E-state index in [1.54, 1.807) is 0 Å². The highest BCUT2D eigenvalue weighted by atomic mass is 35.5. The highest BCUT2D eigenvalue weighted by molar-refractivity contribution is 7.91. The molecular formula is C13H13ClN2O4S. The Bertz CT molecular complexity index is 711. The number of sulfone groups is 1. The standard InChI is InChI=1S/C13H13ClN2O4S/c14-10-2-1-9(6-15)12(5-10)16(7-13(17)18)11-3-4-21(19,20)8-11/h1-2,5,11H,3-4,7-8H2,(H,17,18). The summed E-state index contributed by atoms with van der Waals surface area (Å²) in [4.78, 5) is 12.5. The van der Waals surface area contributed by atoms with Crippen molar-refractivity contribution in [3.05, 3.63) is 28.8 Å². The number of benzene rings is 1. The van der Waals surface area contributed by atoms with Crippen LogP contribution in [-0.2, 0) is 14.6 Å². The van der Waals surface area contributed by atoms with E-state index in [0.29, 0.717) is 17.1 Å². The van der Waals surface area contributed by atoms with Crippen LogP contribution in [0.2, 0.25) is 5.02 Å². The van der Waals surface area contributed by atoms with Crippen molar-refractivity contribution in [2.24, 2.45) is 0 Å². The predicted octanol–water partition coefficient (Wildman–Crippen LogP) is 1.29. The number of anilines is 1. The van der Waals surface area contributed by atoms with Crippen LogP contribution in [-0.4, -0.2) is 43.6 Å². The normalized spacial score (nSPS) is 19.9. The summed E-state index contributed by atoms with van der Waals surface area (Å²) in [6.07, 6.45) is 0.340. The number of hydrogen-bond donors (Lipinski definition) is 1. The van der Waals surface area contributed by atoms with E-state index < -0.39 is 21.8 Å². The largest absolute Gasteiger partial charge is 0.480 e. The van der Waals surface area contributed by atoms with Gasteiger partial charge in [-0.25, -0.2) is 8.42 Å². The van der Waals surface area contributed by atoms with Crippen molar-refractivity contribution in [3.8, 4) is 6.07 Å². The Labute approximate surface area is 127 Å². The van der Waals surface area contributed by atoms with Crippen LogP contribution in [0.5, 0.6) is 0 Å². The molecule has 6 nitrogen and oxygen atoms in total. The molecule has 1 heterocycles. The van der Waals surface area contributed by atoms with Gasteiger partial charge in [0.15, 0.2) is 9.84 Å². The van der Waals surface area contributed by atoms with E-state index in [9.17, 15) is 13.2 Å². The van der Waals surface area contributed by atoms with Crippen molar-refractivity contribution < 1.29 is 18.3 Å². The molecule has 1 aromatic rings. The van der Waals surface area contributed by atoms with Gasteiger partial charge in [0.2, 0.25) is 0 Å². The smallest absolute Gasteiger partial charge is 0.323 e. The van der Waals surface area contributed by atoms with Crippen LogP contribution >= 0.6 is 11.6 Å². The average Bonchev–Trinajstić information content (AvgIpc) is 2.76. The summed E-state index contributed by atoms with van der Waals surface area (Å²) in [5.74, 6) is -1.18. The van der Waals surface area contributed by atoms with Crippen LogP contribution < -0.4 is 4.90 Å². The molecule has 0 spiro atoms. The number of nitriles is 1. The molecule has 1 aliphatic rings. The first kappa shape index (κ1) is 15.6. The van der Waals surface area contributed by atoms with Crippen molar-refractivity contribution in [2.75, 3.05) is 23.0 Å². The maximum Gasteiger partial charge on any atom is 0.323 e. The third kappa shape index (κ3) is 3.65. The first-order valence-electron chi connectivity index (χ1n) is 6.21. The predicted molar refractivity (Wildman–Crippen MR) is 78.2 cm³/mol. The Morgan fingerprint density at radius 2 is 2.24 bits per heavy atom. The van der Waals surface area contributed by atoms with E-state index in [4.69, 9.17) is 22.0 Å². The Hall–Kier alpha value is -1.78. The summed E-state index contributed by atoms with van der Waals surface area (Å²) in [5, 5.41) is 18.6. The van der Waals surface area contributed by atoms with E-state index in [-0.39, 0.29) is 23.6 Å². The minimum absolute atomic E-state index is 0.0240. The lowest BCUT2D eigenvalue weighted by Crippen LogP contribution is -2.40. The average molecular weight is 329 g/mol. The Kier molecular flexibility index (Phi) is 4.40. The SMILES string of the molecule is N#Cc1ccc(Cl)cc1N(CC(=O)O)C1CCS(=O)(=O)C1. The van der Waals surface area contributed by atoms with E-state index in [1.807, 2.05) is 6.07 Å². The molecule has 1 saturated heterocycles. The lowest BCUT2D eigenvalue weighted by atomic mass is 10.1. The second-order valence-electron chi connectivity index (χ2n) is 4.85. The van der Waals surface area contributed by atoms with Gasteiger partial charge in [0.05, 0.1) is 22.8 Å². The van der Waals surface area contributed by atoms with Gasteiger partial charge in [-0.2, -0.15) is 5.26 Å². The molecule has 1 aromatic carbocycles. The maximum absolute atomic E-state index is 11.6. The Morgan fingerprint density at radius 3 is 2.76 bits per heavy atom. The second kappa shape index (κ2) is 5.92. The number of hydrogen-bond acceptors (Lipinski definition) is 5. The number of carbonyl (C=O) groups is 1. The quantitative estimate of drug-likeness (QED) is 0.894. The number of halogens is 1. The minimum atomic E-state index is -3.16. The van der Waals surface area contributed by atoms with E-state index in [2.05, 4.69) is 0 Å². The first-order valence-corrected chi connectivity index (χ1v) is 8.41. The number of rotatable bonds is 4. The fraction of sp³-hybridized carbons (Fsp3) is 0.385. The van der Waals surface area contributed by atoms with Crippen LogP contribution in [0.25, 0.3) is 0 Å². The van der Waals surface area contributed by atoms with Gasteiger partial charge in [-0.15, -0.1) is 0 Å². The Balaban J connectivity index is 2.44. The zero-order chi connectivity index (χ0) is 15.6. The third-order valence-corrected chi connectivity index (χ3v) is 5.33. The summed E-state index contributed by atoms with van der Waals surface area (Å²) in [5.41, 5.74) is 0.624. The molecule has 1 atom stereocenters. The maximum atomic E-state index is 11.6. The summed E-state index contributed by atoms with van der Waals surface area (Å²) < 4.78 is 23.2. The number of aliphatic carboxylic acids is 1. The molecule has 1 fully saturated rings. The van der Waals surface area contributed by atoms with Gasteiger partial charge in [-0.3, -0.25) is 4.79 Å². The molecule has 1 N–H and O–H groups in total. The third-order valence-electron chi connectivity index (χ3n) is 3.34. The fourth-order valence-corrected chi connectivity index (χ4v) is 4.31. The first-order chi connectivity index (χ1) is 9.82. The van der Waals surface area contributed by atoms with Gasteiger partial charge in [0.1, 0.15) is 12.6 Å². The van der Waals surface area contributed by atoms with E-state index in [1.165, 1.54) is 23.1 Å². The number of nitrogens with zero attached hydrogens (tertiary/aromatic N) is 2. The minimum Gasteiger partial charge on any atom is -0.480 e. The molecule has 0 aromatic heterocycles. The lowest BCUT2D eigenvalue weighted by Gasteiger charge is -2.29. The zero-order valence-electron chi connectivity index (χ0n) is 11.0. The van der Waals surface area contributed by atoms with Crippen molar-refractivity contribution >= 4 is 33.1 Å². The molecule has 1 aliphatic heterocycles. The van der Waals surface area contributed by atoms with Gasteiger partial charge in [-0.1, -0.05) is 11.6 Å². The van der Waals surface area contributed by atoms with Gasteiger partial charge >= 0.3 is 5.97 Å². The van der Waals surface area contributed by atoms with Crippen LogP contribution in [0.4, 0.5) is 5.69 Å². The van der Waals surface area contributed by atoms with Crippen LogP contribution in [0.3, 0.4) is 0 Å². The van der Waals surface area contributed by atoms with E-state index in [0.717, 1.165) is 0 Å². The van der Waals surface area contributed by atoms with Crippen molar-refractivity contribution in [1.29, 1.82) is 5.26 Å². The Morgan fingerprint density at radius 1 is 1.52 bits per heavy atom. The molecule has 1 unspecified atom stereocenters. The lowest BCUT2D eigenvalue weighted by molar-refractivity contribution is -0.135. The zero-order valence-corrected chi connectivity index (χ0v) is 12.6. The summed E-state index contributed by atoms with van der Waals surface area (Å²) >= 11 is 5.92. The molecule has 0 saturated carbocycles. The molecule has 8 heteroatoms. The van der Waals surface area contributed by atoms with Gasteiger partial charge in [0.25, 0.3) is 0 Å². The molecule has 2 rings (SSSR count). The molecule has 0 amide bonds. The number of carboxylic acid groups (broad SMARTS) is 1. The van der Waals surface area contributed by atoms with Crippen LogP contribution in [0.1, 0.15) is 12.0 Å². The molecule has 0 aliphatic carbocycles. The van der Waals surface area contributed by atoms with Crippen molar-refractivity contribution in [2.45, 2.75) is 12.5 Å². The van der Waals surface area contributed by atoms with Gasteiger partial charge < -0.3 is 10.0 Å². The van der Waals surface area contributed by atoms with Crippen molar-refractivity contribution in [3.63, 3.8) is 0 Å². The topological polar surface area (TPSA) is 98.5 Å². The summed E-state index contributed by atoms with van der Waals surface area (Å²) in [6.45, 7) is -0.380. The van der Waals surface area contributed by atoms with Gasteiger partial charge in [0, 0.05) is 11.1 Å². The van der Waals surface area contributed by atoms with Crippen LogP contribution in [0.15, 0.2) is 18.2 Å². The molecule has 112 valence electrons. The summed E-state index contributed by atoms with van der Waals surface area (Å²) in [7, 11) is -3.16. The monoisotopic (exact) mass is 328 g/mol. The molecule has 21 heavy (non-hydrogen) atoms. The van der Waals surface area contributed by atoms with E-state index >= 15 is 0 Å². The fourth-order valence-electron chi connectivity index (χ4n) is 2.41.